The van der Waals surface area contributed by atoms with Crippen molar-refractivity contribution in [2.45, 2.75) is 25.3 Å². The van der Waals surface area contributed by atoms with E-state index in [0.717, 1.165) is 31.2 Å². The molecule has 0 aromatic heterocycles. The van der Waals surface area contributed by atoms with Crippen LogP contribution in [0.3, 0.4) is 0 Å². The molecule has 2 unspecified atom stereocenters. The number of piperidine rings is 1. The van der Waals surface area contributed by atoms with Crippen molar-refractivity contribution in [3.05, 3.63) is 29.3 Å². The minimum absolute atomic E-state index is 0.572. The summed E-state index contributed by atoms with van der Waals surface area (Å²) in [6.07, 6.45) is 3.79. The summed E-state index contributed by atoms with van der Waals surface area (Å²) in [7, 11) is 4.02. The Hall–Kier alpha value is -1.06. The topological polar surface area (TPSA) is 24.5 Å². The van der Waals surface area contributed by atoms with Gasteiger partial charge in [-0.25, -0.2) is 0 Å². The number of benzene rings is 1. The number of fused-ring (bicyclic) bond motifs is 1. The van der Waals surface area contributed by atoms with Crippen molar-refractivity contribution < 1.29 is 4.74 Å². The van der Waals surface area contributed by atoms with Crippen molar-refractivity contribution in [1.29, 1.82) is 0 Å². The van der Waals surface area contributed by atoms with Gasteiger partial charge < -0.3 is 10.1 Å². The summed E-state index contributed by atoms with van der Waals surface area (Å²) in [4.78, 5) is 2.53. The van der Waals surface area contributed by atoms with E-state index in [1.807, 2.05) is 0 Å². The molecule has 0 saturated carbocycles. The van der Waals surface area contributed by atoms with Crippen LogP contribution in [0.25, 0.3) is 0 Å². The summed E-state index contributed by atoms with van der Waals surface area (Å²) in [6, 6.07) is 7.19. The van der Waals surface area contributed by atoms with Gasteiger partial charge in [0.2, 0.25) is 0 Å². The fourth-order valence-electron chi connectivity index (χ4n) is 3.65. The van der Waals surface area contributed by atoms with Gasteiger partial charge in [0.25, 0.3) is 0 Å². The molecule has 1 saturated heterocycles. The first kappa shape index (κ1) is 12.9. The van der Waals surface area contributed by atoms with Crippen LogP contribution in [0.2, 0.25) is 0 Å². The molecule has 1 fully saturated rings. The van der Waals surface area contributed by atoms with Crippen LogP contribution in [0.4, 0.5) is 0 Å². The van der Waals surface area contributed by atoms with Crippen LogP contribution >= 0.6 is 0 Å². The lowest BCUT2D eigenvalue weighted by atomic mass is 9.81. The van der Waals surface area contributed by atoms with Gasteiger partial charge in [-0.1, -0.05) is 6.07 Å². The van der Waals surface area contributed by atoms with Gasteiger partial charge in [0.05, 0.1) is 7.11 Å². The van der Waals surface area contributed by atoms with Crippen LogP contribution in [0, 0.1) is 5.92 Å². The van der Waals surface area contributed by atoms with Crippen molar-refractivity contribution in [1.82, 2.24) is 10.2 Å². The molecule has 2 aliphatic heterocycles. The number of hydrogen-bond acceptors (Lipinski definition) is 3. The highest BCUT2D eigenvalue weighted by molar-refractivity contribution is 5.39. The molecule has 0 amide bonds. The van der Waals surface area contributed by atoms with E-state index in [4.69, 9.17) is 4.74 Å². The van der Waals surface area contributed by atoms with E-state index in [1.165, 1.54) is 30.5 Å². The van der Waals surface area contributed by atoms with Gasteiger partial charge in [-0.3, -0.25) is 4.90 Å². The summed E-state index contributed by atoms with van der Waals surface area (Å²) in [5, 5.41) is 3.55. The Bertz CT molecular complexity index is 440. The van der Waals surface area contributed by atoms with Gasteiger partial charge in [-0.05, 0) is 68.6 Å². The maximum atomic E-state index is 5.36. The van der Waals surface area contributed by atoms with Crippen LogP contribution < -0.4 is 10.1 Å². The zero-order valence-electron chi connectivity index (χ0n) is 12.0. The third-order valence-electron chi connectivity index (χ3n) is 4.66. The van der Waals surface area contributed by atoms with Gasteiger partial charge in [0.1, 0.15) is 5.75 Å². The standard InChI is InChI=1S/C16H24N2O/c1-18-9-7-12-10-14(19-2)5-6-15(12)16(18)13-4-3-8-17-11-13/h5-6,10,13,16-17H,3-4,7-9,11H2,1-2H3. The molecule has 0 aliphatic carbocycles. The van der Waals surface area contributed by atoms with Crippen molar-refractivity contribution in [3.8, 4) is 5.75 Å². The van der Waals surface area contributed by atoms with E-state index in [-0.39, 0.29) is 0 Å². The lowest BCUT2D eigenvalue weighted by Crippen LogP contribution is -2.42. The normalized spacial score (nSPS) is 27.9. The second kappa shape index (κ2) is 5.51. The maximum Gasteiger partial charge on any atom is 0.119 e. The number of ether oxygens (including phenoxy) is 1. The minimum atomic E-state index is 0.572. The van der Waals surface area contributed by atoms with Crippen LogP contribution in [-0.4, -0.2) is 38.7 Å². The number of rotatable bonds is 2. The molecule has 2 aliphatic rings. The second-order valence-corrected chi connectivity index (χ2v) is 5.85. The van der Waals surface area contributed by atoms with E-state index >= 15 is 0 Å². The van der Waals surface area contributed by atoms with E-state index in [2.05, 4.69) is 35.5 Å². The SMILES string of the molecule is COc1ccc2c(c1)CCN(C)C2C1CCCNC1. The largest absolute Gasteiger partial charge is 0.497 e. The summed E-state index contributed by atoms with van der Waals surface area (Å²) in [6.45, 7) is 3.49. The molecule has 3 nitrogen and oxygen atoms in total. The Balaban J connectivity index is 1.91. The number of likely N-dealkylation sites (N-methyl/N-ethyl adjacent to an activating group) is 1. The van der Waals surface area contributed by atoms with Gasteiger partial charge in [-0.2, -0.15) is 0 Å². The van der Waals surface area contributed by atoms with E-state index < -0.39 is 0 Å². The molecule has 1 N–H and O–H groups in total. The van der Waals surface area contributed by atoms with E-state index in [0.29, 0.717) is 6.04 Å². The molecular weight excluding hydrogens is 236 g/mol. The average molecular weight is 260 g/mol. The van der Waals surface area contributed by atoms with Crippen molar-refractivity contribution in [2.24, 2.45) is 5.92 Å². The molecule has 2 atom stereocenters. The van der Waals surface area contributed by atoms with E-state index in [1.54, 1.807) is 7.11 Å². The fourth-order valence-corrected chi connectivity index (χ4v) is 3.65. The summed E-state index contributed by atoms with van der Waals surface area (Å²) in [5.74, 6) is 1.73. The lowest BCUT2D eigenvalue weighted by Gasteiger charge is -2.41. The molecule has 3 rings (SSSR count). The van der Waals surface area contributed by atoms with Crippen molar-refractivity contribution in [3.63, 3.8) is 0 Å². The minimum Gasteiger partial charge on any atom is -0.497 e. The Morgan fingerprint density at radius 2 is 2.26 bits per heavy atom. The highest BCUT2D eigenvalue weighted by Gasteiger charge is 2.32. The third kappa shape index (κ3) is 2.49. The van der Waals surface area contributed by atoms with Crippen molar-refractivity contribution in [2.75, 3.05) is 33.8 Å². The molecule has 2 heterocycles. The molecule has 104 valence electrons. The highest BCUT2D eigenvalue weighted by Crippen LogP contribution is 2.38. The zero-order chi connectivity index (χ0) is 13.2. The Kier molecular flexibility index (Phi) is 3.76. The van der Waals surface area contributed by atoms with Gasteiger partial charge >= 0.3 is 0 Å². The zero-order valence-corrected chi connectivity index (χ0v) is 12.0. The summed E-state index contributed by atoms with van der Waals surface area (Å²) >= 11 is 0. The average Bonchev–Trinajstić information content (AvgIpc) is 2.47. The van der Waals surface area contributed by atoms with Gasteiger partial charge in [-0.15, -0.1) is 0 Å². The van der Waals surface area contributed by atoms with E-state index in [9.17, 15) is 0 Å². The van der Waals surface area contributed by atoms with Crippen LogP contribution in [0.1, 0.15) is 30.0 Å². The lowest BCUT2D eigenvalue weighted by molar-refractivity contribution is 0.142. The van der Waals surface area contributed by atoms with Gasteiger partial charge in [0.15, 0.2) is 0 Å². The molecule has 0 bridgehead atoms. The third-order valence-corrected chi connectivity index (χ3v) is 4.66. The smallest absolute Gasteiger partial charge is 0.119 e. The molecule has 0 spiro atoms. The Morgan fingerprint density at radius 3 is 3.00 bits per heavy atom. The molecule has 0 radical (unpaired) electrons. The maximum absolute atomic E-state index is 5.36. The molecule has 19 heavy (non-hydrogen) atoms. The quantitative estimate of drug-likeness (QED) is 0.882. The van der Waals surface area contributed by atoms with Crippen LogP contribution in [0.5, 0.6) is 5.75 Å². The summed E-state index contributed by atoms with van der Waals surface area (Å²) < 4.78 is 5.36. The summed E-state index contributed by atoms with van der Waals surface area (Å²) in [5.41, 5.74) is 3.00. The molecule has 3 heteroatoms. The first-order chi connectivity index (χ1) is 9.29. The Labute approximate surface area is 115 Å². The molecular formula is C16H24N2O. The first-order valence-corrected chi connectivity index (χ1v) is 7.37. The highest BCUT2D eigenvalue weighted by atomic mass is 16.5. The molecule has 1 aromatic carbocycles. The number of nitrogens with zero attached hydrogens (tertiary/aromatic N) is 1. The van der Waals surface area contributed by atoms with Gasteiger partial charge in [0, 0.05) is 12.6 Å². The van der Waals surface area contributed by atoms with Crippen LogP contribution in [0.15, 0.2) is 18.2 Å². The molecule has 1 aromatic rings. The predicted molar refractivity (Wildman–Crippen MR) is 77.7 cm³/mol. The predicted octanol–water partition coefficient (Wildman–Crippen LogP) is 2.22. The van der Waals surface area contributed by atoms with Crippen LogP contribution in [-0.2, 0) is 6.42 Å². The number of methoxy groups -OCH3 is 1. The monoisotopic (exact) mass is 260 g/mol. The second-order valence-electron chi connectivity index (χ2n) is 5.85. The Morgan fingerprint density at radius 1 is 1.37 bits per heavy atom. The fraction of sp³-hybridized carbons (Fsp3) is 0.625. The number of hydrogen-bond donors (Lipinski definition) is 1. The number of nitrogens with one attached hydrogen (secondary N) is 1. The first-order valence-electron chi connectivity index (χ1n) is 7.37. The van der Waals surface area contributed by atoms with Crippen molar-refractivity contribution >= 4 is 0 Å².